The quantitative estimate of drug-likeness (QED) is 0.110. The van der Waals surface area contributed by atoms with Crippen LogP contribution in [-0.4, -0.2) is 129 Å². The van der Waals surface area contributed by atoms with E-state index < -0.39 is 22.8 Å². The lowest BCUT2D eigenvalue weighted by atomic mass is 9.85. The maximum Gasteiger partial charge on any atom is 0.318 e. The van der Waals surface area contributed by atoms with Gasteiger partial charge in [0.25, 0.3) is 5.56 Å². The molecule has 73 heavy (non-hydrogen) atoms. The number of fused-ring (bicyclic) bond motifs is 2. The van der Waals surface area contributed by atoms with Crippen LogP contribution < -0.4 is 10.9 Å². The highest BCUT2D eigenvalue weighted by atomic mass is 16.5. The van der Waals surface area contributed by atoms with E-state index in [-0.39, 0.29) is 49.3 Å². The zero-order chi connectivity index (χ0) is 51.4. The van der Waals surface area contributed by atoms with Gasteiger partial charge < -0.3 is 29.5 Å². The molecule has 0 saturated carbocycles. The van der Waals surface area contributed by atoms with Crippen molar-refractivity contribution in [2.75, 3.05) is 59.4 Å². The summed E-state index contributed by atoms with van der Waals surface area (Å²) in [5, 5.41) is 9.47. The van der Waals surface area contributed by atoms with Crippen LogP contribution in [0.25, 0.3) is 21.8 Å². The molecule has 384 valence electrons. The van der Waals surface area contributed by atoms with Crippen LogP contribution in [0.2, 0.25) is 0 Å². The molecule has 6 aromatic rings. The maximum absolute atomic E-state index is 14.7. The molecule has 4 aromatic carbocycles. The molecule has 9 rings (SSSR count). The number of benzene rings is 4. The molecular weight excluding hydrogens is 921 g/mol. The third-order valence-electron chi connectivity index (χ3n) is 15.8. The average molecular weight is 991 g/mol. The van der Waals surface area contributed by atoms with E-state index in [1.54, 1.807) is 20.3 Å². The molecule has 1 unspecified atom stereocenters. The number of carbonyl (C=O) groups is 4. The topological polar surface area (TPSA) is 152 Å². The van der Waals surface area contributed by atoms with Crippen molar-refractivity contribution in [2.45, 2.75) is 109 Å². The van der Waals surface area contributed by atoms with Crippen molar-refractivity contribution < 1.29 is 28.7 Å². The van der Waals surface area contributed by atoms with Gasteiger partial charge >= 0.3 is 18.0 Å². The molecule has 0 spiro atoms. The highest BCUT2D eigenvalue weighted by molar-refractivity contribution is 5.89. The Morgan fingerprint density at radius 1 is 0.685 bits per heavy atom. The number of hydrogen-bond acceptors (Lipinski definition) is 10. The lowest BCUT2D eigenvalue weighted by Gasteiger charge is -2.43. The first kappa shape index (κ1) is 51.1. The molecule has 0 bridgehead atoms. The van der Waals surface area contributed by atoms with Crippen LogP contribution >= 0.6 is 0 Å². The number of aryl methyl sites for hydroxylation is 1. The van der Waals surface area contributed by atoms with Gasteiger partial charge in [-0.2, -0.15) is 5.10 Å². The summed E-state index contributed by atoms with van der Waals surface area (Å²) in [5.41, 5.74) is 3.56. The Hall–Kier alpha value is -6.84. The first-order chi connectivity index (χ1) is 35.1. The fraction of sp³-hybridized carbons (Fsp3) is 0.448. The number of ether oxygens (including phenoxy) is 2. The number of rotatable bonds is 14. The van der Waals surface area contributed by atoms with Crippen LogP contribution in [-0.2, 0) is 54.6 Å². The van der Waals surface area contributed by atoms with Gasteiger partial charge in [0.2, 0.25) is 5.91 Å². The minimum Gasteiger partial charge on any atom is -0.443 e. The zero-order valence-corrected chi connectivity index (χ0v) is 43.2. The van der Waals surface area contributed by atoms with Crippen molar-refractivity contribution in [3.63, 3.8) is 0 Å². The number of nitrogens with one attached hydrogen (secondary N) is 1. The molecule has 3 aliphatic heterocycles. The number of amides is 3. The Balaban J connectivity index is 0.892. The van der Waals surface area contributed by atoms with E-state index in [1.165, 1.54) is 0 Å². The fourth-order valence-corrected chi connectivity index (χ4v) is 11.0. The molecule has 15 nitrogen and oxygen atoms in total. The number of hydrogen-bond donors (Lipinski definition) is 1. The Bertz CT molecular complexity index is 3000. The van der Waals surface area contributed by atoms with Crippen LogP contribution in [0.4, 0.5) is 4.79 Å². The average Bonchev–Trinajstić information content (AvgIpc) is 3.83. The maximum atomic E-state index is 14.7. The standard InChI is InChI=1S/C58H70N8O7/c1-40-33-41(34-44-37-59-66(51(40)44)39-73-55(70)58(4,5)46-18-11-8-12-19-46)35-49(53(68)63-31-29-62(30-32-63)47-23-25-61(6)26-24-47)60-56(71)64-27-21-42(22-28-64)48-36-43-15-13-14-20-50(43)65(52(48)67)38-72-54(69)57(2,3)45-16-9-7-10-17-45/h7-20,33-34,36-37,42,47,49H,21-32,35,38-39H2,1-6H3,(H,60,71). The number of likely N-dealkylation sites (tertiary alicyclic amines) is 2. The summed E-state index contributed by atoms with van der Waals surface area (Å²) < 4.78 is 14.9. The number of para-hydroxylation sites is 1. The molecule has 5 heterocycles. The van der Waals surface area contributed by atoms with Crippen molar-refractivity contribution >= 4 is 45.7 Å². The van der Waals surface area contributed by atoms with E-state index in [9.17, 15) is 24.0 Å². The van der Waals surface area contributed by atoms with Crippen molar-refractivity contribution in [1.29, 1.82) is 0 Å². The predicted molar refractivity (Wildman–Crippen MR) is 282 cm³/mol. The normalized spacial score (nSPS) is 17.2. The highest BCUT2D eigenvalue weighted by Gasteiger charge is 2.36. The lowest BCUT2D eigenvalue weighted by Crippen LogP contribution is -2.59. The molecular formula is C58H70N8O7. The summed E-state index contributed by atoms with van der Waals surface area (Å²) in [6, 6.07) is 31.9. The summed E-state index contributed by atoms with van der Waals surface area (Å²) >= 11 is 0. The van der Waals surface area contributed by atoms with Crippen molar-refractivity contribution in [2.24, 2.45) is 0 Å². The lowest BCUT2D eigenvalue weighted by molar-refractivity contribution is -0.154. The third kappa shape index (κ3) is 11.1. The van der Waals surface area contributed by atoms with Gasteiger partial charge in [0.15, 0.2) is 13.5 Å². The second-order valence-corrected chi connectivity index (χ2v) is 21.4. The summed E-state index contributed by atoms with van der Waals surface area (Å²) in [6.45, 7) is 14.7. The van der Waals surface area contributed by atoms with Crippen molar-refractivity contribution in [3.05, 3.63) is 147 Å². The van der Waals surface area contributed by atoms with Gasteiger partial charge in [-0.3, -0.25) is 28.6 Å². The number of pyridine rings is 1. The van der Waals surface area contributed by atoms with Crippen molar-refractivity contribution in [1.82, 2.24) is 39.3 Å². The first-order valence-corrected chi connectivity index (χ1v) is 25.9. The predicted octanol–water partition coefficient (Wildman–Crippen LogP) is 7.36. The zero-order valence-electron chi connectivity index (χ0n) is 43.2. The SMILES string of the molecule is Cc1cc(CC(NC(=O)N2CCC(c3cc4ccccc4n(COC(=O)C(C)(C)c4ccccc4)c3=O)CC2)C(=O)N2CCN(C3CCN(C)CC3)CC2)cc2cnn(COC(=O)C(C)(C)c3ccccc3)c12. The van der Waals surface area contributed by atoms with Crippen LogP contribution in [0.5, 0.6) is 0 Å². The fourth-order valence-electron chi connectivity index (χ4n) is 11.0. The van der Waals surface area contributed by atoms with E-state index in [2.05, 4.69) is 27.3 Å². The number of esters is 2. The van der Waals surface area contributed by atoms with Crippen LogP contribution in [0.1, 0.15) is 87.1 Å². The number of urea groups is 1. The summed E-state index contributed by atoms with van der Waals surface area (Å²) in [7, 11) is 2.17. The number of carbonyl (C=O) groups excluding carboxylic acids is 4. The van der Waals surface area contributed by atoms with Gasteiger partial charge in [-0.25, -0.2) is 9.48 Å². The molecule has 3 saturated heterocycles. The van der Waals surface area contributed by atoms with Gasteiger partial charge in [0, 0.05) is 62.7 Å². The van der Waals surface area contributed by atoms with E-state index in [0.717, 1.165) is 77.6 Å². The summed E-state index contributed by atoms with van der Waals surface area (Å²) in [6.07, 6.45) is 5.32. The number of piperazine rings is 1. The summed E-state index contributed by atoms with van der Waals surface area (Å²) in [4.78, 5) is 78.8. The van der Waals surface area contributed by atoms with E-state index in [4.69, 9.17) is 9.47 Å². The molecule has 3 amide bonds. The van der Waals surface area contributed by atoms with Gasteiger partial charge in [0.1, 0.15) is 6.04 Å². The monoisotopic (exact) mass is 991 g/mol. The second-order valence-electron chi connectivity index (χ2n) is 21.4. The minimum absolute atomic E-state index is 0.0592. The molecule has 0 radical (unpaired) electrons. The van der Waals surface area contributed by atoms with Gasteiger partial charge in [0.05, 0.1) is 28.1 Å². The molecule has 15 heteroatoms. The molecule has 1 atom stereocenters. The van der Waals surface area contributed by atoms with E-state index in [1.807, 2.05) is 143 Å². The Morgan fingerprint density at radius 3 is 1.90 bits per heavy atom. The van der Waals surface area contributed by atoms with Crippen LogP contribution in [0, 0.1) is 6.92 Å². The van der Waals surface area contributed by atoms with Crippen molar-refractivity contribution in [3.8, 4) is 0 Å². The van der Waals surface area contributed by atoms with Gasteiger partial charge in [-0.05, 0) is 132 Å². The summed E-state index contributed by atoms with van der Waals surface area (Å²) in [5.74, 6) is -1.05. The molecule has 2 aromatic heterocycles. The third-order valence-corrected chi connectivity index (χ3v) is 15.8. The smallest absolute Gasteiger partial charge is 0.318 e. The number of nitrogens with zero attached hydrogens (tertiary/aromatic N) is 7. The van der Waals surface area contributed by atoms with Crippen LogP contribution in [0.15, 0.2) is 114 Å². The molecule has 1 N–H and O–H groups in total. The molecule has 0 aliphatic carbocycles. The highest BCUT2D eigenvalue weighted by Crippen LogP contribution is 2.31. The first-order valence-electron chi connectivity index (χ1n) is 25.9. The Labute approximate surface area is 428 Å². The number of aromatic nitrogens is 3. The Morgan fingerprint density at radius 2 is 1.27 bits per heavy atom. The van der Waals surface area contributed by atoms with Crippen LogP contribution in [0.3, 0.4) is 0 Å². The largest absolute Gasteiger partial charge is 0.443 e. The van der Waals surface area contributed by atoms with Gasteiger partial charge in [-0.15, -0.1) is 0 Å². The molecule has 3 aliphatic rings. The molecule has 3 fully saturated rings. The second kappa shape index (κ2) is 21.7. The van der Waals surface area contributed by atoms with E-state index >= 15 is 0 Å². The Kier molecular flexibility index (Phi) is 15.2. The minimum atomic E-state index is -0.923. The van der Waals surface area contributed by atoms with E-state index in [0.29, 0.717) is 56.1 Å². The number of piperidine rings is 2. The van der Waals surface area contributed by atoms with Gasteiger partial charge in [-0.1, -0.05) is 84.9 Å².